The monoisotopic (exact) mass is 204 g/mol. The smallest absolute Gasteiger partial charge is 0.0659 e. The third kappa shape index (κ3) is 2.40. The van der Waals surface area contributed by atoms with E-state index in [-0.39, 0.29) is 5.60 Å². The van der Waals surface area contributed by atoms with Gasteiger partial charge in [0.05, 0.1) is 5.60 Å². The molecule has 2 rings (SSSR count). The molecule has 0 atom stereocenters. The summed E-state index contributed by atoms with van der Waals surface area (Å²) < 4.78 is 0. The highest BCUT2D eigenvalue weighted by Crippen LogP contribution is 2.47. The van der Waals surface area contributed by atoms with Gasteiger partial charge in [-0.3, -0.25) is 0 Å². The lowest BCUT2D eigenvalue weighted by Crippen LogP contribution is -2.42. The van der Waals surface area contributed by atoms with Crippen LogP contribution in [0.3, 0.4) is 0 Å². The second kappa shape index (κ2) is 4.36. The third-order valence-corrected chi connectivity index (χ3v) is 3.52. The lowest BCUT2D eigenvalue weighted by Gasteiger charge is -2.44. The van der Waals surface area contributed by atoms with Gasteiger partial charge in [0.1, 0.15) is 0 Å². The fourth-order valence-electron chi connectivity index (χ4n) is 2.53. The van der Waals surface area contributed by atoms with E-state index in [1.54, 1.807) is 0 Å². The normalized spacial score (nSPS) is 29.9. The summed E-state index contributed by atoms with van der Waals surface area (Å²) in [5.74, 6) is 0.591. The van der Waals surface area contributed by atoms with Crippen LogP contribution in [0.1, 0.15) is 50.5 Å². The summed E-state index contributed by atoms with van der Waals surface area (Å²) in [6, 6.07) is 10.6. The van der Waals surface area contributed by atoms with Crippen LogP contribution >= 0.6 is 0 Å². The van der Waals surface area contributed by atoms with Crippen LogP contribution < -0.4 is 0 Å². The molecule has 0 unspecified atom stereocenters. The van der Waals surface area contributed by atoms with Gasteiger partial charge in [-0.1, -0.05) is 50.1 Å². The third-order valence-electron chi connectivity index (χ3n) is 3.52. The van der Waals surface area contributed by atoms with E-state index in [2.05, 4.69) is 31.2 Å². The zero-order valence-corrected chi connectivity index (χ0v) is 9.45. The number of hydrogen-bond donors (Lipinski definition) is 1. The maximum absolute atomic E-state index is 10.2. The summed E-state index contributed by atoms with van der Waals surface area (Å²) in [7, 11) is 0. The molecule has 0 radical (unpaired) electrons. The second-order valence-electron chi connectivity index (χ2n) is 4.84. The quantitative estimate of drug-likeness (QED) is 0.796. The highest BCUT2D eigenvalue weighted by molar-refractivity contribution is 5.24. The summed E-state index contributed by atoms with van der Waals surface area (Å²) in [4.78, 5) is 0. The molecule has 0 aliphatic heterocycles. The Morgan fingerprint density at radius 3 is 2.53 bits per heavy atom. The Hall–Kier alpha value is -0.820. The molecule has 0 spiro atoms. The van der Waals surface area contributed by atoms with Crippen molar-refractivity contribution in [1.82, 2.24) is 0 Å². The Balaban J connectivity index is 1.87. The predicted molar refractivity (Wildman–Crippen MR) is 62.9 cm³/mol. The van der Waals surface area contributed by atoms with E-state index in [0.717, 1.165) is 25.7 Å². The first-order valence-corrected chi connectivity index (χ1v) is 6.01. The molecule has 1 aliphatic carbocycles. The van der Waals surface area contributed by atoms with Crippen molar-refractivity contribution in [2.75, 3.05) is 0 Å². The topological polar surface area (TPSA) is 20.2 Å². The van der Waals surface area contributed by atoms with Crippen LogP contribution in [0.5, 0.6) is 0 Å². The van der Waals surface area contributed by atoms with Gasteiger partial charge in [-0.15, -0.1) is 0 Å². The van der Waals surface area contributed by atoms with Crippen LogP contribution in [0.25, 0.3) is 0 Å². The minimum atomic E-state index is -0.351. The molecule has 15 heavy (non-hydrogen) atoms. The van der Waals surface area contributed by atoms with Crippen LogP contribution in [-0.2, 0) is 0 Å². The van der Waals surface area contributed by atoms with Crippen molar-refractivity contribution in [3.8, 4) is 0 Å². The predicted octanol–water partition coefficient (Wildman–Crippen LogP) is 3.49. The first kappa shape index (κ1) is 10.7. The Morgan fingerprint density at radius 1 is 1.27 bits per heavy atom. The molecular formula is C14H20O. The van der Waals surface area contributed by atoms with Crippen molar-refractivity contribution >= 4 is 0 Å². The summed E-state index contributed by atoms with van der Waals surface area (Å²) >= 11 is 0. The van der Waals surface area contributed by atoms with E-state index in [1.165, 1.54) is 12.0 Å². The summed E-state index contributed by atoms with van der Waals surface area (Å²) in [6.45, 7) is 2.18. The van der Waals surface area contributed by atoms with Crippen LogP contribution in [0, 0.1) is 0 Å². The molecule has 1 heteroatoms. The zero-order chi connectivity index (χ0) is 10.7. The van der Waals surface area contributed by atoms with E-state index >= 15 is 0 Å². The molecule has 1 saturated carbocycles. The molecule has 1 aliphatic rings. The Labute approximate surface area is 92.1 Å². The van der Waals surface area contributed by atoms with Gasteiger partial charge >= 0.3 is 0 Å². The maximum atomic E-state index is 10.2. The van der Waals surface area contributed by atoms with E-state index in [9.17, 15) is 5.11 Å². The lowest BCUT2D eigenvalue weighted by atomic mass is 9.66. The molecule has 0 aromatic heterocycles. The number of benzene rings is 1. The van der Waals surface area contributed by atoms with Gasteiger partial charge < -0.3 is 5.11 Å². The first-order chi connectivity index (χ1) is 7.23. The van der Waals surface area contributed by atoms with Crippen molar-refractivity contribution in [3.63, 3.8) is 0 Å². The lowest BCUT2D eigenvalue weighted by molar-refractivity contribution is -0.0569. The minimum Gasteiger partial charge on any atom is -0.390 e. The molecule has 1 aromatic carbocycles. The number of hydrogen-bond acceptors (Lipinski definition) is 1. The van der Waals surface area contributed by atoms with Crippen LogP contribution in [0.15, 0.2) is 30.3 Å². The first-order valence-electron chi connectivity index (χ1n) is 6.01. The molecule has 0 heterocycles. The zero-order valence-electron chi connectivity index (χ0n) is 9.45. The highest BCUT2D eigenvalue weighted by Gasteiger charge is 2.42. The molecule has 1 nitrogen and oxygen atoms in total. The van der Waals surface area contributed by atoms with Crippen LogP contribution in [-0.4, -0.2) is 10.7 Å². The van der Waals surface area contributed by atoms with Crippen molar-refractivity contribution in [2.24, 2.45) is 0 Å². The minimum absolute atomic E-state index is 0.351. The van der Waals surface area contributed by atoms with E-state index in [4.69, 9.17) is 0 Å². The molecule has 1 N–H and O–H groups in total. The van der Waals surface area contributed by atoms with E-state index in [1.807, 2.05) is 6.07 Å². The molecule has 1 aromatic rings. The van der Waals surface area contributed by atoms with Crippen LogP contribution in [0.2, 0.25) is 0 Å². The SMILES string of the molecule is CCCCC1(O)CC(c2ccccc2)C1. The number of unbranched alkanes of at least 4 members (excludes halogenated alkanes) is 1. The van der Waals surface area contributed by atoms with Crippen molar-refractivity contribution in [1.29, 1.82) is 0 Å². The summed E-state index contributed by atoms with van der Waals surface area (Å²) in [5, 5.41) is 10.2. The molecule has 82 valence electrons. The molecule has 0 saturated heterocycles. The Morgan fingerprint density at radius 2 is 1.93 bits per heavy atom. The van der Waals surface area contributed by atoms with Gasteiger partial charge in [-0.2, -0.15) is 0 Å². The van der Waals surface area contributed by atoms with Gasteiger partial charge in [0.2, 0.25) is 0 Å². The average molecular weight is 204 g/mol. The standard InChI is InChI=1S/C14H20O/c1-2-3-9-14(15)10-13(11-14)12-7-5-4-6-8-12/h4-8,13,15H,2-3,9-11H2,1H3. The van der Waals surface area contributed by atoms with Crippen molar-refractivity contribution in [2.45, 2.75) is 50.5 Å². The highest BCUT2D eigenvalue weighted by atomic mass is 16.3. The largest absolute Gasteiger partial charge is 0.390 e. The van der Waals surface area contributed by atoms with Gasteiger partial charge in [-0.25, -0.2) is 0 Å². The Kier molecular flexibility index (Phi) is 3.11. The van der Waals surface area contributed by atoms with E-state index in [0.29, 0.717) is 5.92 Å². The fourth-order valence-corrected chi connectivity index (χ4v) is 2.53. The summed E-state index contributed by atoms with van der Waals surface area (Å²) in [5.41, 5.74) is 1.04. The number of rotatable bonds is 4. The molecule has 0 amide bonds. The van der Waals surface area contributed by atoms with Gasteiger partial charge in [-0.05, 0) is 30.7 Å². The molecule has 1 fully saturated rings. The number of aliphatic hydroxyl groups is 1. The Bertz CT molecular complexity index is 298. The van der Waals surface area contributed by atoms with Crippen LogP contribution in [0.4, 0.5) is 0 Å². The van der Waals surface area contributed by atoms with Crippen molar-refractivity contribution < 1.29 is 5.11 Å². The van der Waals surface area contributed by atoms with Gasteiger partial charge in [0.25, 0.3) is 0 Å². The average Bonchev–Trinajstić information content (AvgIpc) is 2.24. The molecule has 0 bridgehead atoms. The summed E-state index contributed by atoms with van der Waals surface area (Å²) in [6.07, 6.45) is 5.22. The molecular weight excluding hydrogens is 184 g/mol. The van der Waals surface area contributed by atoms with E-state index < -0.39 is 0 Å². The fraction of sp³-hybridized carbons (Fsp3) is 0.571. The van der Waals surface area contributed by atoms with Gasteiger partial charge in [0, 0.05) is 0 Å². The maximum Gasteiger partial charge on any atom is 0.0659 e. The second-order valence-corrected chi connectivity index (χ2v) is 4.84. The van der Waals surface area contributed by atoms with Gasteiger partial charge in [0.15, 0.2) is 0 Å². The van der Waals surface area contributed by atoms with Crippen molar-refractivity contribution in [3.05, 3.63) is 35.9 Å².